The van der Waals surface area contributed by atoms with Crippen molar-refractivity contribution in [3.63, 3.8) is 0 Å². The van der Waals surface area contributed by atoms with Gasteiger partial charge in [0.1, 0.15) is 5.15 Å². The molecule has 0 saturated heterocycles. The van der Waals surface area contributed by atoms with Crippen molar-refractivity contribution in [2.75, 3.05) is 0 Å². The van der Waals surface area contributed by atoms with E-state index >= 15 is 0 Å². The predicted molar refractivity (Wildman–Crippen MR) is 103 cm³/mol. The van der Waals surface area contributed by atoms with E-state index in [-0.39, 0.29) is 0 Å². The fourth-order valence-electron chi connectivity index (χ4n) is 3.11. The SMILES string of the molecule is Cn1cc(C2=CC(N)C(N)(c3cc(-n4cccc4)cc(Cl)n3)C=C2)cn1. The Hall–Kier alpha value is -2.67. The number of nitrogens with two attached hydrogens (primary N) is 2. The molecular formula is C19H19ClN6. The summed E-state index contributed by atoms with van der Waals surface area (Å²) >= 11 is 6.25. The van der Waals surface area contributed by atoms with Crippen LogP contribution in [0.3, 0.4) is 0 Å². The Kier molecular flexibility index (Phi) is 4.03. The van der Waals surface area contributed by atoms with Crippen LogP contribution >= 0.6 is 11.6 Å². The van der Waals surface area contributed by atoms with Crippen molar-refractivity contribution in [3.05, 3.63) is 83.7 Å². The van der Waals surface area contributed by atoms with Gasteiger partial charge in [-0.3, -0.25) is 4.68 Å². The molecule has 0 bridgehead atoms. The van der Waals surface area contributed by atoms with Crippen molar-refractivity contribution >= 4 is 17.2 Å². The van der Waals surface area contributed by atoms with Gasteiger partial charge in [-0.2, -0.15) is 5.10 Å². The normalized spacial score (nSPS) is 22.5. The van der Waals surface area contributed by atoms with E-state index in [9.17, 15) is 0 Å². The summed E-state index contributed by atoms with van der Waals surface area (Å²) in [6, 6.07) is 7.15. The van der Waals surface area contributed by atoms with Crippen molar-refractivity contribution in [2.24, 2.45) is 18.5 Å². The second-order valence-corrected chi connectivity index (χ2v) is 6.83. The van der Waals surface area contributed by atoms with Gasteiger partial charge in [0.05, 0.1) is 23.5 Å². The van der Waals surface area contributed by atoms with Crippen molar-refractivity contribution in [1.82, 2.24) is 19.3 Å². The van der Waals surface area contributed by atoms with Gasteiger partial charge >= 0.3 is 0 Å². The average molecular weight is 367 g/mol. The Morgan fingerprint density at radius 2 is 2.00 bits per heavy atom. The zero-order chi connectivity index (χ0) is 18.3. The molecule has 3 aromatic rings. The molecule has 2 atom stereocenters. The quantitative estimate of drug-likeness (QED) is 0.697. The smallest absolute Gasteiger partial charge is 0.131 e. The van der Waals surface area contributed by atoms with Gasteiger partial charge in [-0.05, 0) is 29.8 Å². The fraction of sp³-hybridized carbons (Fsp3) is 0.158. The summed E-state index contributed by atoms with van der Waals surface area (Å²) < 4.78 is 3.71. The van der Waals surface area contributed by atoms with Crippen molar-refractivity contribution in [1.29, 1.82) is 0 Å². The summed E-state index contributed by atoms with van der Waals surface area (Å²) in [7, 11) is 1.88. The van der Waals surface area contributed by atoms with E-state index in [1.165, 1.54) is 0 Å². The topological polar surface area (TPSA) is 87.7 Å². The van der Waals surface area contributed by atoms with Crippen LogP contribution in [0.15, 0.2) is 67.3 Å². The maximum absolute atomic E-state index is 6.65. The molecule has 1 aliphatic carbocycles. The highest BCUT2D eigenvalue weighted by Gasteiger charge is 2.35. The van der Waals surface area contributed by atoms with Crippen LogP contribution in [0.25, 0.3) is 11.3 Å². The zero-order valence-electron chi connectivity index (χ0n) is 14.2. The second kappa shape index (κ2) is 6.25. The molecule has 3 heterocycles. The number of pyridine rings is 1. The number of allylic oxidation sites excluding steroid dienone is 2. The molecule has 2 unspecified atom stereocenters. The maximum atomic E-state index is 6.65. The Balaban J connectivity index is 1.72. The van der Waals surface area contributed by atoms with Crippen LogP contribution in [0.5, 0.6) is 0 Å². The predicted octanol–water partition coefficient (Wildman–Crippen LogP) is 2.39. The largest absolute Gasteiger partial charge is 0.324 e. The number of rotatable bonds is 3. The number of nitrogens with zero attached hydrogens (tertiary/aromatic N) is 4. The molecule has 132 valence electrons. The van der Waals surface area contributed by atoms with Gasteiger partial charge in [0.2, 0.25) is 0 Å². The Bertz CT molecular complexity index is 1000. The third-order valence-electron chi connectivity index (χ3n) is 4.61. The first-order chi connectivity index (χ1) is 12.5. The molecule has 6 nitrogen and oxygen atoms in total. The van der Waals surface area contributed by atoms with E-state index in [2.05, 4.69) is 10.1 Å². The molecule has 3 aromatic heterocycles. The zero-order valence-corrected chi connectivity index (χ0v) is 15.0. The number of aromatic nitrogens is 4. The van der Waals surface area contributed by atoms with Crippen molar-refractivity contribution in [3.8, 4) is 5.69 Å². The van der Waals surface area contributed by atoms with Gasteiger partial charge in [-0.25, -0.2) is 4.98 Å². The van der Waals surface area contributed by atoms with Gasteiger partial charge in [-0.1, -0.05) is 29.8 Å². The van der Waals surface area contributed by atoms with Gasteiger partial charge < -0.3 is 16.0 Å². The molecule has 0 aliphatic heterocycles. The minimum absolute atomic E-state index is 0.374. The highest BCUT2D eigenvalue weighted by Crippen LogP contribution is 2.32. The standard InChI is InChI=1S/C19H19ClN6/c1-25-12-14(11-23-25)13-4-5-19(22,16(21)8-13)17-9-15(10-18(20)24-17)26-6-2-3-7-26/h2-12,16H,21-22H2,1H3. The lowest BCUT2D eigenvalue weighted by atomic mass is 9.81. The number of hydrogen-bond acceptors (Lipinski definition) is 4. The molecule has 7 heteroatoms. The van der Waals surface area contributed by atoms with Gasteiger partial charge in [0.15, 0.2) is 0 Å². The lowest BCUT2D eigenvalue weighted by Gasteiger charge is -2.33. The molecule has 1 aliphatic rings. The Morgan fingerprint density at radius 1 is 1.23 bits per heavy atom. The number of halogens is 1. The number of hydrogen-bond donors (Lipinski definition) is 2. The van der Waals surface area contributed by atoms with Gasteiger partial charge in [-0.15, -0.1) is 0 Å². The minimum atomic E-state index is -0.946. The van der Waals surface area contributed by atoms with Crippen molar-refractivity contribution < 1.29 is 0 Å². The van der Waals surface area contributed by atoms with Crippen molar-refractivity contribution in [2.45, 2.75) is 11.6 Å². The lowest BCUT2D eigenvalue weighted by molar-refractivity contribution is 0.480. The van der Waals surface area contributed by atoms with E-state index < -0.39 is 11.6 Å². The third-order valence-corrected chi connectivity index (χ3v) is 4.81. The molecule has 0 saturated carbocycles. The maximum Gasteiger partial charge on any atom is 0.131 e. The van der Waals surface area contributed by atoms with E-state index in [1.807, 2.05) is 66.6 Å². The van der Waals surface area contributed by atoms with E-state index in [0.29, 0.717) is 10.8 Å². The molecule has 0 spiro atoms. The molecule has 0 amide bonds. The first-order valence-electron chi connectivity index (χ1n) is 8.22. The summed E-state index contributed by atoms with van der Waals surface area (Å²) in [6.45, 7) is 0. The van der Waals surface area contributed by atoms with Crippen LogP contribution in [0, 0.1) is 0 Å². The fourth-order valence-corrected chi connectivity index (χ4v) is 3.31. The van der Waals surface area contributed by atoms with E-state index in [0.717, 1.165) is 16.8 Å². The van der Waals surface area contributed by atoms with Crippen LogP contribution in [-0.2, 0) is 12.6 Å². The number of aryl methyl sites for hydroxylation is 1. The Morgan fingerprint density at radius 3 is 2.65 bits per heavy atom. The van der Waals surface area contributed by atoms with Crippen LogP contribution in [0.2, 0.25) is 5.15 Å². The molecule has 4 N–H and O–H groups in total. The summed E-state index contributed by atoms with van der Waals surface area (Å²) in [5, 5.41) is 4.57. The molecule has 0 radical (unpaired) electrons. The summed E-state index contributed by atoms with van der Waals surface area (Å²) in [6.07, 6.45) is 13.4. The molecule has 4 rings (SSSR count). The molecule has 0 aromatic carbocycles. The summed E-state index contributed by atoms with van der Waals surface area (Å²) in [5.74, 6) is 0. The first-order valence-corrected chi connectivity index (χ1v) is 8.59. The minimum Gasteiger partial charge on any atom is -0.324 e. The molecule has 0 fully saturated rings. The highest BCUT2D eigenvalue weighted by molar-refractivity contribution is 6.29. The van der Waals surface area contributed by atoms with Gasteiger partial charge in [0.25, 0.3) is 0 Å². The Labute approximate surface area is 156 Å². The van der Waals surface area contributed by atoms with Crippen LogP contribution in [0.1, 0.15) is 11.3 Å². The van der Waals surface area contributed by atoms with Crippen LogP contribution in [-0.4, -0.2) is 25.4 Å². The van der Waals surface area contributed by atoms with E-state index in [1.54, 1.807) is 16.9 Å². The lowest BCUT2D eigenvalue weighted by Crippen LogP contribution is -2.51. The van der Waals surface area contributed by atoms with Crippen LogP contribution < -0.4 is 11.5 Å². The third kappa shape index (κ3) is 2.88. The molecule has 26 heavy (non-hydrogen) atoms. The summed E-state index contributed by atoms with van der Waals surface area (Å²) in [5.41, 5.74) is 15.6. The second-order valence-electron chi connectivity index (χ2n) is 6.44. The van der Waals surface area contributed by atoms with Crippen LogP contribution in [0.4, 0.5) is 0 Å². The average Bonchev–Trinajstić information content (AvgIpc) is 3.28. The molecular weight excluding hydrogens is 348 g/mol. The van der Waals surface area contributed by atoms with Gasteiger partial charge in [0, 0.05) is 36.9 Å². The highest BCUT2D eigenvalue weighted by atomic mass is 35.5. The first kappa shape index (κ1) is 16.8. The summed E-state index contributed by atoms with van der Waals surface area (Å²) in [4.78, 5) is 4.44. The van der Waals surface area contributed by atoms with E-state index in [4.69, 9.17) is 23.1 Å². The monoisotopic (exact) mass is 366 g/mol.